The lowest BCUT2D eigenvalue weighted by molar-refractivity contribution is 0.313. The maximum atomic E-state index is 5.55. The summed E-state index contributed by atoms with van der Waals surface area (Å²) < 4.78 is 0. The van der Waals surface area contributed by atoms with Gasteiger partial charge in [-0.1, -0.05) is 23.6 Å². The summed E-state index contributed by atoms with van der Waals surface area (Å²) in [7, 11) is 2.14. The monoisotopic (exact) mass is 242 g/mol. The Balaban J connectivity index is 2.06. The Hall–Kier alpha value is -0.720. The number of rotatable bonds is 2. The van der Waals surface area contributed by atoms with Gasteiger partial charge in [-0.25, -0.2) is 4.98 Å². The highest BCUT2D eigenvalue weighted by atomic mass is 32.1. The van der Waals surface area contributed by atoms with E-state index < -0.39 is 0 Å². The normalized spacial score (nSPS) is 18.1. The number of likely N-dealkylation sites (N-methyl/N-ethyl adjacent to an activating group) is 1. The van der Waals surface area contributed by atoms with Crippen molar-refractivity contribution in [3.63, 3.8) is 0 Å². The Morgan fingerprint density at radius 3 is 2.67 bits per heavy atom. The molecule has 0 atom stereocenters. The summed E-state index contributed by atoms with van der Waals surface area (Å²) in [5.74, 6) is 0. The number of anilines is 1. The molecule has 0 aliphatic carbocycles. The first-order chi connectivity index (χ1) is 7.16. The summed E-state index contributed by atoms with van der Waals surface area (Å²) in [6, 6.07) is 0. The van der Waals surface area contributed by atoms with E-state index in [9.17, 15) is 0 Å². The van der Waals surface area contributed by atoms with Gasteiger partial charge in [0.25, 0.3) is 0 Å². The number of nitrogens with two attached hydrogens (primary N) is 1. The maximum Gasteiger partial charge on any atom is 0.186 e. The lowest BCUT2D eigenvalue weighted by Gasteiger charge is -2.32. The fourth-order valence-corrected chi connectivity index (χ4v) is 2.52. The van der Waals surface area contributed by atoms with Gasteiger partial charge in [0.1, 0.15) is 4.99 Å². The Morgan fingerprint density at radius 1 is 1.47 bits per heavy atom. The molecule has 0 aromatic carbocycles. The molecule has 0 unspecified atom stereocenters. The molecule has 0 saturated carbocycles. The van der Waals surface area contributed by atoms with Crippen LogP contribution < -0.4 is 10.6 Å². The van der Waals surface area contributed by atoms with Gasteiger partial charge in [0.15, 0.2) is 5.13 Å². The van der Waals surface area contributed by atoms with Crippen molar-refractivity contribution in [2.45, 2.75) is 0 Å². The van der Waals surface area contributed by atoms with Gasteiger partial charge < -0.3 is 15.5 Å². The van der Waals surface area contributed by atoms with Crippen LogP contribution >= 0.6 is 23.6 Å². The van der Waals surface area contributed by atoms with Crippen LogP contribution in [0.25, 0.3) is 0 Å². The second kappa shape index (κ2) is 4.42. The van der Waals surface area contributed by atoms with Crippen molar-refractivity contribution in [2.24, 2.45) is 5.73 Å². The highest BCUT2D eigenvalue weighted by molar-refractivity contribution is 7.81. The van der Waals surface area contributed by atoms with Crippen LogP contribution in [0.4, 0.5) is 5.13 Å². The minimum absolute atomic E-state index is 0.438. The molecule has 2 N–H and O–H groups in total. The van der Waals surface area contributed by atoms with E-state index in [0.717, 1.165) is 36.2 Å². The predicted molar refractivity (Wildman–Crippen MR) is 67.7 cm³/mol. The molecule has 1 aromatic rings. The number of nitrogens with zero attached hydrogens (tertiary/aromatic N) is 3. The second-order valence-corrected chi connectivity index (χ2v) is 5.11. The van der Waals surface area contributed by atoms with Crippen LogP contribution in [0.1, 0.15) is 4.88 Å². The molecule has 0 radical (unpaired) electrons. The molecule has 4 nitrogen and oxygen atoms in total. The Kier molecular flexibility index (Phi) is 3.18. The number of thiocarbonyl (C=S) groups is 1. The van der Waals surface area contributed by atoms with Crippen molar-refractivity contribution in [1.82, 2.24) is 9.88 Å². The van der Waals surface area contributed by atoms with Crippen LogP contribution in [0, 0.1) is 0 Å². The largest absolute Gasteiger partial charge is 0.389 e. The lowest BCUT2D eigenvalue weighted by Crippen LogP contribution is -2.44. The third-order valence-corrected chi connectivity index (χ3v) is 3.95. The van der Waals surface area contributed by atoms with E-state index in [4.69, 9.17) is 18.0 Å². The average molecular weight is 242 g/mol. The second-order valence-electron chi connectivity index (χ2n) is 3.66. The zero-order valence-corrected chi connectivity index (χ0v) is 10.3. The molecular formula is C9H14N4S2. The third kappa shape index (κ3) is 2.45. The van der Waals surface area contributed by atoms with E-state index in [1.54, 1.807) is 17.5 Å². The highest BCUT2D eigenvalue weighted by Crippen LogP contribution is 2.23. The van der Waals surface area contributed by atoms with Crippen LogP contribution in [0.15, 0.2) is 6.20 Å². The van der Waals surface area contributed by atoms with Gasteiger partial charge in [0.05, 0.1) is 11.1 Å². The van der Waals surface area contributed by atoms with Gasteiger partial charge in [-0.3, -0.25) is 0 Å². The van der Waals surface area contributed by atoms with Crippen molar-refractivity contribution in [3.8, 4) is 0 Å². The molecule has 1 aliphatic rings. The smallest absolute Gasteiger partial charge is 0.186 e. The minimum Gasteiger partial charge on any atom is -0.389 e. The van der Waals surface area contributed by atoms with E-state index in [1.165, 1.54) is 0 Å². The topological polar surface area (TPSA) is 45.4 Å². The van der Waals surface area contributed by atoms with Gasteiger partial charge in [-0.05, 0) is 7.05 Å². The molecule has 2 rings (SSSR count). The number of thiazole rings is 1. The van der Waals surface area contributed by atoms with Gasteiger partial charge in [0.2, 0.25) is 0 Å². The van der Waals surface area contributed by atoms with Crippen molar-refractivity contribution in [3.05, 3.63) is 11.1 Å². The maximum absolute atomic E-state index is 5.55. The highest BCUT2D eigenvalue weighted by Gasteiger charge is 2.17. The van der Waals surface area contributed by atoms with Gasteiger partial charge >= 0.3 is 0 Å². The number of hydrogen-bond acceptors (Lipinski definition) is 5. The molecule has 1 fully saturated rings. The molecule has 1 saturated heterocycles. The van der Waals surface area contributed by atoms with E-state index in [1.807, 2.05) is 0 Å². The molecule has 2 heterocycles. The summed E-state index contributed by atoms with van der Waals surface area (Å²) in [6.45, 7) is 4.23. The van der Waals surface area contributed by atoms with Gasteiger partial charge in [-0.15, -0.1) is 0 Å². The Morgan fingerprint density at radius 2 is 2.13 bits per heavy atom. The molecule has 82 valence electrons. The first-order valence-corrected chi connectivity index (χ1v) is 6.08. The molecule has 1 aliphatic heterocycles. The summed E-state index contributed by atoms with van der Waals surface area (Å²) >= 11 is 6.50. The summed E-state index contributed by atoms with van der Waals surface area (Å²) in [6.07, 6.45) is 1.76. The van der Waals surface area contributed by atoms with Crippen LogP contribution in [0.3, 0.4) is 0 Å². The zero-order chi connectivity index (χ0) is 10.8. The van der Waals surface area contributed by atoms with Crippen molar-refractivity contribution in [1.29, 1.82) is 0 Å². The molecule has 15 heavy (non-hydrogen) atoms. The summed E-state index contributed by atoms with van der Waals surface area (Å²) in [5.41, 5.74) is 5.55. The standard InChI is InChI=1S/C9H14N4S2/c1-12-2-4-13(5-3-12)9-11-6-7(15-9)8(10)14/h6H,2-5H2,1H3,(H2,10,14). The summed E-state index contributed by atoms with van der Waals surface area (Å²) in [5, 5.41) is 1.03. The zero-order valence-electron chi connectivity index (χ0n) is 8.64. The fourth-order valence-electron chi connectivity index (χ4n) is 1.52. The molecule has 0 bridgehead atoms. The van der Waals surface area contributed by atoms with E-state index in [2.05, 4.69) is 21.8 Å². The minimum atomic E-state index is 0.438. The quantitative estimate of drug-likeness (QED) is 0.767. The third-order valence-electron chi connectivity index (χ3n) is 2.51. The average Bonchev–Trinajstić information content (AvgIpc) is 2.68. The molecular weight excluding hydrogens is 228 g/mol. The first-order valence-electron chi connectivity index (χ1n) is 4.86. The van der Waals surface area contributed by atoms with E-state index in [0.29, 0.717) is 4.99 Å². The predicted octanol–water partition coefficient (Wildman–Crippen LogP) is 0.529. The van der Waals surface area contributed by atoms with Gasteiger partial charge in [0, 0.05) is 26.2 Å². The lowest BCUT2D eigenvalue weighted by atomic mass is 10.3. The Labute approximate surface area is 98.7 Å². The van der Waals surface area contributed by atoms with Crippen LogP contribution in [-0.2, 0) is 0 Å². The van der Waals surface area contributed by atoms with Crippen LogP contribution in [0.2, 0.25) is 0 Å². The van der Waals surface area contributed by atoms with Crippen LogP contribution in [0.5, 0.6) is 0 Å². The number of piperazine rings is 1. The van der Waals surface area contributed by atoms with E-state index in [-0.39, 0.29) is 0 Å². The number of hydrogen-bond donors (Lipinski definition) is 1. The number of aromatic nitrogens is 1. The van der Waals surface area contributed by atoms with Crippen molar-refractivity contribution >= 4 is 33.7 Å². The molecule has 6 heteroatoms. The van der Waals surface area contributed by atoms with E-state index >= 15 is 0 Å². The summed E-state index contributed by atoms with van der Waals surface area (Å²) in [4.78, 5) is 10.3. The molecule has 0 spiro atoms. The van der Waals surface area contributed by atoms with Crippen molar-refractivity contribution in [2.75, 3.05) is 38.1 Å². The van der Waals surface area contributed by atoms with Crippen molar-refractivity contribution < 1.29 is 0 Å². The van der Waals surface area contributed by atoms with Gasteiger partial charge in [-0.2, -0.15) is 0 Å². The first kappa shape index (κ1) is 10.8. The fraction of sp³-hybridized carbons (Fsp3) is 0.556. The Bertz CT molecular complexity index is 355. The molecule has 1 aromatic heterocycles. The SMILES string of the molecule is CN1CCN(c2ncc(C(N)=S)s2)CC1. The molecule has 0 amide bonds. The van der Waals surface area contributed by atoms with Crippen LogP contribution in [-0.4, -0.2) is 48.1 Å².